The van der Waals surface area contributed by atoms with Gasteiger partial charge in [0.2, 0.25) is 0 Å². The summed E-state index contributed by atoms with van der Waals surface area (Å²) in [4.78, 5) is 9.84. The van der Waals surface area contributed by atoms with Gasteiger partial charge in [0.25, 0.3) is 0 Å². The second-order valence-electron chi connectivity index (χ2n) is 0.735. The zero-order chi connectivity index (χ0) is 5.70. The molecule has 0 aromatic rings. The summed E-state index contributed by atoms with van der Waals surface area (Å²) < 4.78 is 4.33. The van der Waals surface area contributed by atoms with Gasteiger partial charge >= 0.3 is 0 Å². The first-order valence-electron chi connectivity index (χ1n) is 1.59. The van der Waals surface area contributed by atoms with Crippen LogP contribution in [0.15, 0.2) is 0 Å². The van der Waals surface area contributed by atoms with E-state index in [2.05, 4.69) is 4.52 Å². The van der Waals surface area contributed by atoms with Crippen molar-refractivity contribution in [1.29, 1.82) is 0 Å². The highest BCUT2D eigenvalue weighted by atomic mass is 35.7. The lowest BCUT2D eigenvalue weighted by Crippen LogP contribution is -1.95. The fourth-order valence-corrected chi connectivity index (χ4v) is 0.733. The van der Waals surface area contributed by atoms with Crippen molar-refractivity contribution in [2.24, 2.45) is 0 Å². The van der Waals surface area contributed by atoms with E-state index < -0.39 is 7.73 Å². The molecular formula is C2H4Cl2O2P-. The van der Waals surface area contributed by atoms with E-state index in [-0.39, 0.29) is 6.61 Å². The standard InChI is InChI=1S/C2H4Cl2O2P/c3-1-2-6-7(4)5/h1-2H2/q-1. The second kappa shape index (κ2) is 5.07. The lowest BCUT2D eigenvalue weighted by molar-refractivity contribution is -0.173. The molecule has 44 valence electrons. The molecule has 5 heteroatoms. The molecule has 0 N–H and O–H groups in total. The van der Waals surface area contributed by atoms with Gasteiger partial charge in [0.05, 0.1) is 6.61 Å². The van der Waals surface area contributed by atoms with Gasteiger partial charge in [-0.15, -0.1) is 11.6 Å². The third kappa shape index (κ3) is 6.93. The Balaban J connectivity index is 2.68. The molecule has 0 bridgehead atoms. The van der Waals surface area contributed by atoms with Crippen LogP contribution < -0.4 is 4.89 Å². The molecule has 0 radical (unpaired) electrons. The maximum atomic E-state index is 9.84. The summed E-state index contributed by atoms with van der Waals surface area (Å²) in [5.41, 5.74) is 0. The normalized spacial score (nSPS) is 14.1. The van der Waals surface area contributed by atoms with E-state index in [1.54, 1.807) is 0 Å². The van der Waals surface area contributed by atoms with Crippen molar-refractivity contribution >= 4 is 30.6 Å². The predicted octanol–water partition coefficient (Wildman–Crippen LogP) is 1.07. The van der Waals surface area contributed by atoms with Gasteiger partial charge < -0.3 is 9.42 Å². The number of halogens is 2. The van der Waals surface area contributed by atoms with Crippen LogP contribution in [-0.2, 0) is 4.52 Å². The van der Waals surface area contributed by atoms with Crippen molar-refractivity contribution in [2.45, 2.75) is 0 Å². The van der Waals surface area contributed by atoms with Crippen LogP contribution in [0.4, 0.5) is 0 Å². The van der Waals surface area contributed by atoms with Gasteiger partial charge in [0, 0.05) is 13.6 Å². The van der Waals surface area contributed by atoms with Crippen LogP contribution in [0.5, 0.6) is 0 Å². The van der Waals surface area contributed by atoms with Crippen LogP contribution in [0.3, 0.4) is 0 Å². The SMILES string of the molecule is [O-]P(Cl)OCCCl. The summed E-state index contributed by atoms with van der Waals surface area (Å²) in [5, 5.41) is 0. The average Bonchev–Trinajstić information content (AvgIpc) is 1.61. The fraction of sp³-hybridized carbons (Fsp3) is 1.00. The summed E-state index contributed by atoms with van der Waals surface area (Å²) in [6.45, 7) is 0.250. The molecule has 0 rings (SSSR count). The topological polar surface area (TPSA) is 32.3 Å². The number of rotatable bonds is 3. The minimum Gasteiger partial charge on any atom is -0.796 e. The van der Waals surface area contributed by atoms with Gasteiger partial charge in [-0.25, -0.2) is 0 Å². The molecule has 7 heavy (non-hydrogen) atoms. The van der Waals surface area contributed by atoms with Crippen molar-refractivity contribution in [1.82, 2.24) is 0 Å². The molecule has 0 heterocycles. The number of alkyl halides is 1. The molecule has 0 aliphatic carbocycles. The van der Waals surface area contributed by atoms with Crippen LogP contribution in [0.1, 0.15) is 0 Å². The third-order valence-corrected chi connectivity index (χ3v) is 1.10. The zero-order valence-electron chi connectivity index (χ0n) is 3.43. The lowest BCUT2D eigenvalue weighted by atomic mass is 10.9. The van der Waals surface area contributed by atoms with E-state index in [4.69, 9.17) is 22.8 Å². The first-order valence-corrected chi connectivity index (χ1v) is 4.21. The van der Waals surface area contributed by atoms with Crippen molar-refractivity contribution < 1.29 is 9.42 Å². The van der Waals surface area contributed by atoms with Crippen LogP contribution >= 0.6 is 30.6 Å². The van der Waals surface area contributed by atoms with Gasteiger partial charge in [-0.2, -0.15) is 0 Å². The second-order valence-corrected chi connectivity index (χ2v) is 2.62. The maximum absolute atomic E-state index is 9.84. The quantitative estimate of drug-likeness (QED) is 0.459. The molecule has 0 aliphatic heterocycles. The minimum atomic E-state index is -1.97. The Kier molecular flexibility index (Phi) is 5.75. The Bertz CT molecular complexity index is 42.7. The Hall–Kier alpha value is 0.930. The average molecular weight is 162 g/mol. The summed E-state index contributed by atoms with van der Waals surface area (Å²) >= 11 is 10.0. The molecule has 0 aromatic heterocycles. The van der Waals surface area contributed by atoms with E-state index >= 15 is 0 Å². The Morgan fingerprint density at radius 3 is 2.43 bits per heavy atom. The van der Waals surface area contributed by atoms with Gasteiger partial charge in [-0.1, -0.05) is 11.2 Å². The minimum absolute atomic E-state index is 0.250. The molecule has 2 nitrogen and oxygen atoms in total. The predicted molar refractivity (Wildman–Crippen MR) is 29.4 cm³/mol. The molecule has 0 spiro atoms. The Morgan fingerprint density at radius 2 is 2.29 bits per heavy atom. The molecular weight excluding hydrogens is 158 g/mol. The zero-order valence-corrected chi connectivity index (χ0v) is 5.84. The van der Waals surface area contributed by atoms with Crippen LogP contribution in [0.2, 0.25) is 0 Å². The summed E-state index contributed by atoms with van der Waals surface area (Å²) in [5.74, 6) is 0.327. The lowest BCUT2D eigenvalue weighted by Gasteiger charge is -2.11. The first-order chi connectivity index (χ1) is 3.27. The van der Waals surface area contributed by atoms with Gasteiger partial charge in [-0.3, -0.25) is 0 Å². The number of hydrogen-bond donors (Lipinski definition) is 0. The summed E-state index contributed by atoms with van der Waals surface area (Å²) in [7, 11) is -1.97. The van der Waals surface area contributed by atoms with E-state index in [0.717, 1.165) is 0 Å². The molecule has 0 fully saturated rings. The van der Waals surface area contributed by atoms with Crippen molar-refractivity contribution in [3.63, 3.8) is 0 Å². The van der Waals surface area contributed by atoms with Gasteiger partial charge in [0.15, 0.2) is 0 Å². The number of hydrogen-bond acceptors (Lipinski definition) is 2. The van der Waals surface area contributed by atoms with E-state index in [1.165, 1.54) is 0 Å². The van der Waals surface area contributed by atoms with Crippen molar-refractivity contribution in [3.8, 4) is 0 Å². The third-order valence-electron chi connectivity index (χ3n) is 0.270. The van der Waals surface area contributed by atoms with Gasteiger partial charge in [-0.05, 0) is 0 Å². The van der Waals surface area contributed by atoms with Crippen molar-refractivity contribution in [3.05, 3.63) is 0 Å². The smallest absolute Gasteiger partial charge is 0.0644 e. The van der Waals surface area contributed by atoms with E-state index in [9.17, 15) is 4.89 Å². The molecule has 0 amide bonds. The monoisotopic (exact) mass is 161 g/mol. The fourth-order valence-electron chi connectivity index (χ4n) is 0.106. The Morgan fingerprint density at radius 1 is 1.71 bits per heavy atom. The summed E-state index contributed by atoms with van der Waals surface area (Å²) in [6, 6.07) is 0. The van der Waals surface area contributed by atoms with Gasteiger partial charge in [0.1, 0.15) is 0 Å². The largest absolute Gasteiger partial charge is 0.796 e. The highest BCUT2D eigenvalue weighted by Gasteiger charge is 1.83. The highest BCUT2D eigenvalue weighted by Crippen LogP contribution is 2.31. The Labute approximate surface area is 53.1 Å². The molecule has 1 unspecified atom stereocenters. The maximum Gasteiger partial charge on any atom is 0.0644 e. The molecule has 0 aromatic carbocycles. The molecule has 0 saturated carbocycles. The molecule has 0 aliphatic rings. The van der Waals surface area contributed by atoms with Crippen molar-refractivity contribution in [2.75, 3.05) is 12.5 Å². The van der Waals surface area contributed by atoms with E-state index in [1.807, 2.05) is 0 Å². The first kappa shape index (κ1) is 7.93. The molecule has 0 saturated heterocycles. The highest BCUT2D eigenvalue weighted by molar-refractivity contribution is 7.74. The van der Waals surface area contributed by atoms with Crippen LogP contribution in [-0.4, -0.2) is 12.5 Å². The van der Waals surface area contributed by atoms with E-state index in [0.29, 0.717) is 5.88 Å². The van der Waals surface area contributed by atoms with Crippen LogP contribution in [0.25, 0.3) is 0 Å². The van der Waals surface area contributed by atoms with Crippen LogP contribution in [0, 0.1) is 0 Å². The molecule has 1 atom stereocenters. The summed E-state index contributed by atoms with van der Waals surface area (Å²) in [6.07, 6.45) is 0.